The molecule has 1 aromatic rings. The van der Waals surface area contributed by atoms with E-state index in [1.54, 1.807) is 0 Å². The molecule has 8 heteroatoms. The molecule has 0 saturated carbocycles. The summed E-state index contributed by atoms with van der Waals surface area (Å²) < 4.78 is 51.5. The van der Waals surface area contributed by atoms with Crippen LogP contribution in [0, 0.1) is 17.1 Å². The van der Waals surface area contributed by atoms with Gasteiger partial charge >= 0.3 is 6.36 Å². The van der Waals surface area contributed by atoms with Crippen molar-refractivity contribution >= 4 is 5.69 Å². The van der Waals surface area contributed by atoms with E-state index in [-0.39, 0.29) is 5.69 Å². The zero-order valence-corrected chi connectivity index (χ0v) is 6.97. The van der Waals surface area contributed by atoms with E-state index in [0.717, 1.165) is 0 Å². The largest absolute Gasteiger partial charge is 0.574 e. The second kappa shape index (κ2) is 3.61. The van der Waals surface area contributed by atoms with Crippen molar-refractivity contribution < 1.29 is 22.3 Å². The molecule has 0 aromatic carbocycles. The summed E-state index contributed by atoms with van der Waals surface area (Å²) in [7, 11) is 0. The number of halogens is 4. The maximum Gasteiger partial charge on any atom is 0.574 e. The molecule has 0 saturated heterocycles. The highest BCUT2D eigenvalue weighted by Crippen LogP contribution is 2.27. The molecular formula is C7H3F4N3O. The maximum atomic E-state index is 13.1. The van der Waals surface area contributed by atoms with Crippen molar-refractivity contribution in [3.8, 4) is 11.9 Å². The number of hydrogen-bond acceptors (Lipinski definition) is 4. The molecule has 1 aromatic heterocycles. The lowest BCUT2D eigenvalue weighted by molar-refractivity contribution is -0.277. The summed E-state index contributed by atoms with van der Waals surface area (Å²) in [5, 5.41) is 8.39. The first-order valence-corrected chi connectivity index (χ1v) is 3.45. The molecule has 0 atom stereocenters. The van der Waals surface area contributed by atoms with Gasteiger partial charge in [-0.1, -0.05) is 0 Å². The van der Waals surface area contributed by atoms with Crippen molar-refractivity contribution in [1.82, 2.24) is 4.98 Å². The van der Waals surface area contributed by atoms with Gasteiger partial charge in [-0.3, -0.25) is 0 Å². The van der Waals surface area contributed by atoms with Crippen LogP contribution in [0.1, 0.15) is 5.56 Å². The fraction of sp³-hybridized carbons (Fsp3) is 0.143. The van der Waals surface area contributed by atoms with Crippen molar-refractivity contribution in [2.75, 3.05) is 5.73 Å². The zero-order valence-electron chi connectivity index (χ0n) is 6.97. The number of anilines is 1. The molecule has 0 radical (unpaired) electrons. The van der Waals surface area contributed by atoms with Gasteiger partial charge in [-0.05, 0) is 0 Å². The van der Waals surface area contributed by atoms with Crippen LogP contribution in [0.25, 0.3) is 0 Å². The van der Waals surface area contributed by atoms with E-state index >= 15 is 0 Å². The van der Waals surface area contributed by atoms with Crippen molar-refractivity contribution in [2.24, 2.45) is 0 Å². The Morgan fingerprint density at radius 3 is 2.53 bits per heavy atom. The van der Waals surface area contributed by atoms with Gasteiger partial charge in [-0.2, -0.15) is 9.65 Å². The standard InChI is InChI=1S/C7H3F4N3O/c8-5-3(1-12)4(13)2-14-6(5)15-7(9,10)11/h2H,13H2. The molecule has 0 fully saturated rings. The molecule has 0 unspecified atom stereocenters. The number of ether oxygens (including phenoxy) is 1. The summed E-state index contributed by atoms with van der Waals surface area (Å²) in [6.45, 7) is 0. The van der Waals surface area contributed by atoms with Crippen LogP contribution >= 0.6 is 0 Å². The van der Waals surface area contributed by atoms with E-state index in [1.807, 2.05) is 0 Å². The highest BCUT2D eigenvalue weighted by Gasteiger charge is 2.34. The fourth-order valence-corrected chi connectivity index (χ4v) is 0.777. The van der Waals surface area contributed by atoms with Crippen LogP contribution in [0.5, 0.6) is 5.88 Å². The van der Waals surface area contributed by atoms with Crippen LogP contribution in [0.3, 0.4) is 0 Å². The van der Waals surface area contributed by atoms with Gasteiger partial charge in [0.15, 0.2) is 0 Å². The minimum absolute atomic E-state index is 0.357. The predicted molar refractivity (Wildman–Crippen MR) is 40.0 cm³/mol. The third-order valence-electron chi connectivity index (χ3n) is 1.34. The Kier molecular flexibility index (Phi) is 2.65. The average molecular weight is 221 g/mol. The fourth-order valence-electron chi connectivity index (χ4n) is 0.777. The minimum Gasteiger partial charge on any atom is -0.396 e. The molecule has 2 N–H and O–H groups in total. The minimum atomic E-state index is -5.07. The molecule has 15 heavy (non-hydrogen) atoms. The maximum absolute atomic E-state index is 13.1. The predicted octanol–water partition coefficient (Wildman–Crippen LogP) is 1.57. The molecule has 0 bridgehead atoms. The summed E-state index contributed by atoms with van der Waals surface area (Å²) in [5.41, 5.74) is 4.01. The van der Waals surface area contributed by atoms with Gasteiger partial charge in [0.2, 0.25) is 5.82 Å². The number of nitrogens with zero attached hydrogens (tertiary/aromatic N) is 2. The Balaban J connectivity index is 3.18. The van der Waals surface area contributed by atoms with E-state index < -0.39 is 23.6 Å². The number of alkyl halides is 3. The second-order valence-corrected chi connectivity index (χ2v) is 2.37. The van der Waals surface area contributed by atoms with Gasteiger partial charge in [-0.15, -0.1) is 13.2 Å². The zero-order chi connectivity index (χ0) is 11.6. The molecule has 0 amide bonds. The highest BCUT2D eigenvalue weighted by molar-refractivity contribution is 5.54. The Morgan fingerprint density at radius 1 is 1.47 bits per heavy atom. The van der Waals surface area contributed by atoms with Crippen LogP contribution < -0.4 is 10.5 Å². The molecule has 4 nitrogen and oxygen atoms in total. The quantitative estimate of drug-likeness (QED) is 0.730. The molecule has 1 heterocycles. The molecule has 0 aliphatic heterocycles. The monoisotopic (exact) mass is 221 g/mol. The van der Waals surface area contributed by atoms with E-state index in [4.69, 9.17) is 11.0 Å². The summed E-state index contributed by atoms with van der Waals surface area (Å²) in [6.07, 6.45) is -4.36. The third kappa shape index (κ3) is 2.46. The topological polar surface area (TPSA) is 71.9 Å². The van der Waals surface area contributed by atoms with Crippen molar-refractivity contribution in [1.29, 1.82) is 5.26 Å². The third-order valence-corrected chi connectivity index (χ3v) is 1.34. The van der Waals surface area contributed by atoms with Crippen LogP contribution in [0.15, 0.2) is 6.20 Å². The highest BCUT2D eigenvalue weighted by atomic mass is 19.4. The van der Waals surface area contributed by atoms with Crippen molar-refractivity contribution in [3.05, 3.63) is 17.6 Å². The van der Waals surface area contributed by atoms with Gasteiger partial charge < -0.3 is 10.5 Å². The summed E-state index contributed by atoms with van der Waals surface area (Å²) >= 11 is 0. The molecule has 0 spiro atoms. The molecular weight excluding hydrogens is 218 g/mol. The number of hydrogen-bond donors (Lipinski definition) is 1. The number of aromatic nitrogens is 1. The lowest BCUT2D eigenvalue weighted by Gasteiger charge is -2.09. The normalized spacial score (nSPS) is 10.9. The molecule has 80 valence electrons. The summed E-state index contributed by atoms with van der Waals surface area (Å²) in [6, 6.07) is 1.30. The first kappa shape index (κ1) is 11.0. The van der Waals surface area contributed by atoms with Gasteiger partial charge in [-0.25, -0.2) is 4.98 Å². The van der Waals surface area contributed by atoms with Crippen LogP contribution in [0.2, 0.25) is 0 Å². The van der Waals surface area contributed by atoms with Crippen molar-refractivity contribution in [3.63, 3.8) is 0 Å². The van der Waals surface area contributed by atoms with Crippen LogP contribution in [0.4, 0.5) is 23.2 Å². The number of pyridine rings is 1. The first-order chi connectivity index (χ1) is 6.85. The Labute approximate surface area is 80.9 Å². The lowest BCUT2D eigenvalue weighted by Crippen LogP contribution is -2.19. The van der Waals surface area contributed by atoms with Crippen molar-refractivity contribution in [2.45, 2.75) is 6.36 Å². The molecule has 0 aliphatic rings. The second-order valence-electron chi connectivity index (χ2n) is 2.37. The number of nitrogens with two attached hydrogens (primary N) is 1. The molecule has 0 aliphatic carbocycles. The number of nitriles is 1. The van der Waals surface area contributed by atoms with Crippen LogP contribution in [-0.4, -0.2) is 11.3 Å². The summed E-state index contributed by atoms with van der Waals surface area (Å²) in [4.78, 5) is 2.98. The lowest BCUT2D eigenvalue weighted by atomic mass is 10.2. The number of rotatable bonds is 1. The van der Waals surface area contributed by atoms with Gasteiger partial charge in [0.1, 0.15) is 11.6 Å². The SMILES string of the molecule is N#Cc1c(N)cnc(OC(F)(F)F)c1F. The number of nitrogen functional groups attached to an aromatic ring is 1. The first-order valence-electron chi connectivity index (χ1n) is 3.45. The van der Waals surface area contributed by atoms with E-state index in [1.165, 1.54) is 6.07 Å². The summed E-state index contributed by atoms with van der Waals surface area (Å²) in [5.74, 6) is -2.86. The molecule has 1 rings (SSSR count). The average Bonchev–Trinajstić information content (AvgIpc) is 2.09. The van der Waals surface area contributed by atoms with Crippen LogP contribution in [-0.2, 0) is 0 Å². The van der Waals surface area contributed by atoms with Gasteiger partial charge in [0, 0.05) is 0 Å². The Morgan fingerprint density at radius 2 is 2.07 bits per heavy atom. The Bertz CT molecular complexity index is 423. The van der Waals surface area contributed by atoms with E-state index in [0.29, 0.717) is 6.20 Å². The Hall–Kier alpha value is -2.04. The van der Waals surface area contributed by atoms with Gasteiger partial charge in [0.05, 0.1) is 11.9 Å². The van der Waals surface area contributed by atoms with E-state index in [9.17, 15) is 17.6 Å². The smallest absolute Gasteiger partial charge is 0.396 e. The van der Waals surface area contributed by atoms with Gasteiger partial charge in [0.25, 0.3) is 5.88 Å². The van der Waals surface area contributed by atoms with E-state index in [2.05, 4.69) is 9.72 Å².